The van der Waals surface area contributed by atoms with Gasteiger partial charge in [-0.15, -0.1) is 11.3 Å². The number of thiophene rings is 1. The first-order valence-corrected chi connectivity index (χ1v) is 21.9. The second-order valence-electron chi connectivity index (χ2n) is 16.3. The van der Waals surface area contributed by atoms with E-state index in [0.717, 1.165) is 27.8 Å². The predicted molar refractivity (Wildman–Crippen MR) is 256 cm³/mol. The third kappa shape index (κ3) is 5.20. The minimum absolute atomic E-state index is 0.326. The SMILES string of the molecule is c1ccc(-c2nc(-c3ccc(-c4ccc(-c5ccc6c(c5)-c5ccccc5C65c6ccccc6-c6ccccc65)cc4)cc3)nc(-c3ccc4c(c3)sc3ccccc34)n2)cc1. The molecule has 2 aliphatic carbocycles. The monoisotopic (exact) mass is 805 g/mol. The van der Waals surface area contributed by atoms with Crippen LogP contribution in [-0.4, -0.2) is 15.0 Å². The highest BCUT2D eigenvalue weighted by Gasteiger charge is 2.51. The van der Waals surface area contributed by atoms with E-state index in [2.05, 4.69) is 194 Å². The second kappa shape index (κ2) is 13.6. The van der Waals surface area contributed by atoms with Crippen molar-refractivity contribution >= 4 is 31.5 Å². The first-order valence-electron chi connectivity index (χ1n) is 21.1. The van der Waals surface area contributed by atoms with E-state index in [9.17, 15) is 0 Å². The van der Waals surface area contributed by atoms with Gasteiger partial charge in [0.15, 0.2) is 17.5 Å². The van der Waals surface area contributed by atoms with Crippen LogP contribution >= 0.6 is 11.3 Å². The molecule has 0 amide bonds. The number of hydrogen-bond donors (Lipinski definition) is 0. The Morgan fingerprint density at radius 2 is 0.694 bits per heavy atom. The van der Waals surface area contributed by atoms with E-state index < -0.39 is 0 Å². The van der Waals surface area contributed by atoms with Gasteiger partial charge >= 0.3 is 0 Å². The van der Waals surface area contributed by atoms with Gasteiger partial charge in [-0.25, -0.2) is 15.0 Å². The van der Waals surface area contributed by atoms with Gasteiger partial charge in [-0.2, -0.15) is 0 Å². The van der Waals surface area contributed by atoms with Crippen molar-refractivity contribution in [3.63, 3.8) is 0 Å². The summed E-state index contributed by atoms with van der Waals surface area (Å²) in [5, 5.41) is 2.53. The number of aromatic nitrogens is 3. The van der Waals surface area contributed by atoms with Crippen molar-refractivity contribution in [2.45, 2.75) is 5.41 Å². The predicted octanol–water partition coefficient (Wildman–Crippen LogP) is 14.9. The third-order valence-corrected chi connectivity index (χ3v) is 14.1. The van der Waals surface area contributed by atoms with Crippen molar-refractivity contribution in [2.24, 2.45) is 0 Å². The van der Waals surface area contributed by atoms with Crippen molar-refractivity contribution < 1.29 is 0 Å². The number of hydrogen-bond acceptors (Lipinski definition) is 4. The lowest BCUT2D eigenvalue weighted by Crippen LogP contribution is -2.25. The molecule has 0 bridgehead atoms. The van der Waals surface area contributed by atoms with E-state index >= 15 is 0 Å². The zero-order valence-electron chi connectivity index (χ0n) is 33.5. The van der Waals surface area contributed by atoms with E-state index in [0.29, 0.717) is 17.5 Å². The maximum absolute atomic E-state index is 5.07. The summed E-state index contributed by atoms with van der Waals surface area (Å²) in [5.74, 6) is 1.97. The molecule has 2 aromatic heterocycles. The topological polar surface area (TPSA) is 38.7 Å². The average Bonchev–Trinajstić information content (AvgIpc) is 3.98. The lowest BCUT2D eigenvalue weighted by molar-refractivity contribution is 0.794. The molecule has 1 spiro atoms. The molecule has 0 fully saturated rings. The fourth-order valence-electron chi connectivity index (χ4n) is 10.2. The summed E-state index contributed by atoms with van der Waals surface area (Å²) in [4.78, 5) is 15.1. The van der Waals surface area contributed by atoms with Crippen LogP contribution in [0.1, 0.15) is 22.3 Å². The molecule has 9 aromatic carbocycles. The molecule has 2 aliphatic rings. The van der Waals surface area contributed by atoms with E-state index in [-0.39, 0.29) is 5.41 Å². The molecule has 2 heterocycles. The number of fused-ring (bicyclic) bond motifs is 13. The molecule has 288 valence electrons. The molecular weight excluding hydrogens is 771 g/mol. The van der Waals surface area contributed by atoms with Gasteiger partial charge in [-0.1, -0.05) is 194 Å². The Balaban J connectivity index is 0.836. The Morgan fingerprint density at radius 1 is 0.274 bits per heavy atom. The summed E-state index contributed by atoms with van der Waals surface area (Å²) in [6.45, 7) is 0. The first kappa shape index (κ1) is 35.0. The van der Waals surface area contributed by atoms with E-state index in [4.69, 9.17) is 15.0 Å². The Hall–Kier alpha value is -7.79. The van der Waals surface area contributed by atoms with Gasteiger partial charge in [-0.05, 0) is 85.0 Å². The summed E-state index contributed by atoms with van der Waals surface area (Å²) < 4.78 is 2.50. The Morgan fingerprint density at radius 3 is 1.32 bits per heavy atom. The summed E-state index contributed by atoms with van der Waals surface area (Å²) in [6, 6.07) is 76.9. The lowest BCUT2D eigenvalue weighted by atomic mass is 9.70. The smallest absolute Gasteiger partial charge is 0.164 e. The van der Waals surface area contributed by atoms with Gasteiger partial charge in [-0.3, -0.25) is 0 Å². The van der Waals surface area contributed by atoms with E-state index in [1.54, 1.807) is 11.3 Å². The average molecular weight is 806 g/mol. The molecule has 11 aromatic rings. The molecule has 0 saturated carbocycles. The maximum atomic E-state index is 5.07. The standard InChI is InChI=1S/C58H35N3S/c1-2-12-39(13-3-1)55-59-56(61-57(60-55)42-30-32-47-46-17-7-11-21-53(46)62-54(47)35-42)40-28-26-37(27-29-40)36-22-24-38(25-23-36)41-31-33-52-48(34-41)45-16-6-10-20-51(45)58(52)49-18-8-4-14-43(49)44-15-5-9-19-50(44)58/h1-35H. The highest BCUT2D eigenvalue weighted by atomic mass is 32.1. The maximum Gasteiger partial charge on any atom is 0.164 e. The Bertz CT molecular complexity index is 3520. The zero-order valence-corrected chi connectivity index (χ0v) is 34.3. The molecule has 0 aliphatic heterocycles. The van der Waals surface area contributed by atoms with Gasteiger partial charge in [0.2, 0.25) is 0 Å². The minimum Gasteiger partial charge on any atom is -0.208 e. The fraction of sp³-hybridized carbons (Fsp3) is 0.0172. The van der Waals surface area contributed by atoms with Gasteiger partial charge < -0.3 is 0 Å². The van der Waals surface area contributed by atoms with E-state index in [1.807, 2.05) is 18.2 Å². The second-order valence-corrected chi connectivity index (χ2v) is 17.4. The van der Waals surface area contributed by atoms with Crippen LogP contribution in [0.3, 0.4) is 0 Å². The van der Waals surface area contributed by atoms with Crippen molar-refractivity contribution in [1.82, 2.24) is 15.0 Å². The molecule has 0 radical (unpaired) electrons. The lowest BCUT2D eigenvalue weighted by Gasteiger charge is -2.30. The molecule has 62 heavy (non-hydrogen) atoms. The van der Waals surface area contributed by atoms with Gasteiger partial charge in [0, 0.05) is 36.9 Å². The Kier molecular flexibility index (Phi) is 7.69. The van der Waals surface area contributed by atoms with Crippen LogP contribution in [0.2, 0.25) is 0 Å². The van der Waals surface area contributed by atoms with Crippen LogP contribution in [0, 0.1) is 0 Å². The quantitative estimate of drug-likeness (QED) is 0.174. The van der Waals surface area contributed by atoms with Gasteiger partial charge in [0.1, 0.15) is 0 Å². The Labute approximate surface area is 363 Å². The van der Waals surface area contributed by atoms with Crippen LogP contribution in [0.15, 0.2) is 212 Å². The number of benzene rings is 9. The molecule has 4 heteroatoms. The summed E-state index contributed by atoms with van der Waals surface area (Å²) >= 11 is 1.80. The molecular formula is C58H35N3S. The van der Waals surface area contributed by atoms with E-state index in [1.165, 1.54) is 75.8 Å². The van der Waals surface area contributed by atoms with Crippen molar-refractivity contribution in [3.05, 3.63) is 235 Å². The normalized spacial score (nSPS) is 13.0. The number of nitrogens with zero attached hydrogens (tertiary/aromatic N) is 3. The summed E-state index contributed by atoms with van der Waals surface area (Å²) in [7, 11) is 0. The molecule has 0 unspecified atom stereocenters. The zero-order chi connectivity index (χ0) is 40.8. The molecule has 0 atom stereocenters. The fourth-order valence-corrected chi connectivity index (χ4v) is 11.3. The van der Waals surface area contributed by atoms with Gasteiger partial charge in [0.05, 0.1) is 5.41 Å². The van der Waals surface area contributed by atoms with Crippen LogP contribution in [0.4, 0.5) is 0 Å². The molecule has 0 saturated heterocycles. The highest BCUT2D eigenvalue weighted by molar-refractivity contribution is 7.25. The van der Waals surface area contributed by atoms with Crippen LogP contribution in [0.25, 0.3) is 98.8 Å². The number of rotatable bonds is 5. The third-order valence-electron chi connectivity index (χ3n) is 13.0. The molecule has 13 rings (SSSR count). The van der Waals surface area contributed by atoms with Crippen LogP contribution in [-0.2, 0) is 5.41 Å². The summed E-state index contributed by atoms with van der Waals surface area (Å²) in [6.07, 6.45) is 0. The molecule has 0 N–H and O–H groups in total. The van der Waals surface area contributed by atoms with Crippen molar-refractivity contribution in [3.8, 4) is 78.7 Å². The first-order chi connectivity index (χ1) is 30.7. The summed E-state index contributed by atoms with van der Waals surface area (Å²) in [5.41, 5.74) is 18.0. The van der Waals surface area contributed by atoms with Crippen molar-refractivity contribution in [2.75, 3.05) is 0 Å². The van der Waals surface area contributed by atoms with Crippen LogP contribution in [0.5, 0.6) is 0 Å². The molecule has 3 nitrogen and oxygen atoms in total. The van der Waals surface area contributed by atoms with Crippen LogP contribution < -0.4 is 0 Å². The van der Waals surface area contributed by atoms with Gasteiger partial charge in [0.25, 0.3) is 0 Å². The highest BCUT2D eigenvalue weighted by Crippen LogP contribution is 2.63. The largest absolute Gasteiger partial charge is 0.208 e. The minimum atomic E-state index is -0.326. The van der Waals surface area contributed by atoms with Crippen molar-refractivity contribution in [1.29, 1.82) is 0 Å².